The second-order valence-corrected chi connectivity index (χ2v) is 9.98. The fourth-order valence-corrected chi connectivity index (χ4v) is 4.36. The van der Waals surface area contributed by atoms with Crippen molar-refractivity contribution < 1.29 is 21.6 Å². The monoisotopic (exact) mass is 438 g/mol. The molecule has 0 bridgehead atoms. The first kappa shape index (κ1) is 20.8. The van der Waals surface area contributed by atoms with Crippen LogP contribution in [-0.2, 0) is 20.0 Å². The zero-order chi connectivity index (χ0) is 19.7. The molecule has 142 valence electrons. The largest absolute Gasteiger partial charge is 0.495 e. The Hall–Kier alpha value is -1.52. The van der Waals surface area contributed by atoms with Crippen LogP contribution < -0.4 is 9.46 Å². The fraction of sp³-hybridized carbons (Fsp3) is 0.200. The van der Waals surface area contributed by atoms with Gasteiger partial charge in [0.1, 0.15) is 5.75 Å². The molecule has 0 unspecified atom stereocenters. The lowest BCUT2D eigenvalue weighted by Crippen LogP contribution is -2.22. The molecule has 26 heavy (non-hydrogen) atoms. The summed E-state index contributed by atoms with van der Waals surface area (Å²) in [4.78, 5) is -0.218. The van der Waals surface area contributed by atoms with Crippen LogP contribution in [0.15, 0.2) is 46.2 Å². The van der Waals surface area contributed by atoms with Gasteiger partial charge in [0, 0.05) is 14.1 Å². The molecule has 0 atom stereocenters. The molecule has 0 spiro atoms. The smallest absolute Gasteiger partial charge is 0.262 e. The summed E-state index contributed by atoms with van der Waals surface area (Å²) in [5.41, 5.74) is -0.0264. The molecule has 0 aromatic heterocycles. The van der Waals surface area contributed by atoms with Crippen molar-refractivity contribution in [2.45, 2.75) is 9.79 Å². The fourth-order valence-electron chi connectivity index (χ4n) is 1.99. The number of nitrogens with zero attached hydrogens (tertiary/aromatic N) is 1. The minimum atomic E-state index is -4.05. The predicted molar refractivity (Wildman–Crippen MR) is 101 cm³/mol. The van der Waals surface area contributed by atoms with Gasteiger partial charge in [0.25, 0.3) is 10.0 Å². The highest BCUT2D eigenvalue weighted by atomic mass is 35.5. The van der Waals surface area contributed by atoms with E-state index in [1.165, 1.54) is 57.6 Å². The lowest BCUT2D eigenvalue weighted by molar-refractivity contribution is 0.416. The molecule has 1 N–H and O–H groups in total. The van der Waals surface area contributed by atoms with Crippen LogP contribution in [0.3, 0.4) is 0 Å². The number of nitrogens with one attached hydrogen (secondary N) is 1. The van der Waals surface area contributed by atoms with Crippen molar-refractivity contribution in [2.24, 2.45) is 0 Å². The Balaban J connectivity index is 2.52. The molecule has 0 aliphatic heterocycles. The van der Waals surface area contributed by atoms with Crippen molar-refractivity contribution in [3.8, 4) is 5.75 Å². The molecule has 11 heteroatoms. The number of halogens is 2. The van der Waals surface area contributed by atoms with Gasteiger partial charge in [-0.3, -0.25) is 4.72 Å². The van der Waals surface area contributed by atoms with Gasteiger partial charge >= 0.3 is 0 Å². The van der Waals surface area contributed by atoms with Crippen molar-refractivity contribution in [2.75, 3.05) is 25.9 Å². The normalized spacial score (nSPS) is 12.2. The van der Waals surface area contributed by atoms with Gasteiger partial charge in [0.2, 0.25) is 10.0 Å². The maximum Gasteiger partial charge on any atom is 0.262 e. The van der Waals surface area contributed by atoms with E-state index in [-0.39, 0.29) is 31.3 Å². The summed E-state index contributed by atoms with van der Waals surface area (Å²) < 4.78 is 58.2. The van der Waals surface area contributed by atoms with Crippen LogP contribution in [0, 0.1) is 0 Å². The summed E-state index contributed by atoms with van der Waals surface area (Å²) in [6.45, 7) is 0. The standard InChI is InChI=1S/C15H16Cl2N2O5S2/c1-19(2)26(22,23)11-5-7-15(24-3)14(9-11)18-25(20,21)10-4-6-12(16)13(17)8-10/h4-9,18H,1-3H3. The molecule has 2 aromatic carbocycles. The zero-order valence-corrected chi connectivity index (χ0v) is 17.2. The highest BCUT2D eigenvalue weighted by molar-refractivity contribution is 7.92. The van der Waals surface area contributed by atoms with Crippen molar-refractivity contribution in [3.05, 3.63) is 46.4 Å². The predicted octanol–water partition coefficient (Wildman–Crippen LogP) is 3.05. The average Bonchev–Trinajstić information content (AvgIpc) is 2.56. The Bertz CT molecular complexity index is 1040. The van der Waals surface area contributed by atoms with Crippen molar-refractivity contribution in [1.29, 1.82) is 0 Å². The average molecular weight is 439 g/mol. The zero-order valence-electron chi connectivity index (χ0n) is 14.0. The van der Waals surface area contributed by atoms with Gasteiger partial charge in [0.15, 0.2) is 0 Å². The third-order valence-corrected chi connectivity index (χ3v) is 7.31. The van der Waals surface area contributed by atoms with E-state index in [1.807, 2.05) is 0 Å². The van der Waals surface area contributed by atoms with Gasteiger partial charge in [-0.25, -0.2) is 21.1 Å². The lowest BCUT2D eigenvalue weighted by Gasteiger charge is -2.16. The second-order valence-electron chi connectivity index (χ2n) is 5.33. The van der Waals surface area contributed by atoms with Crippen LogP contribution in [0.2, 0.25) is 10.0 Å². The summed E-state index contributed by atoms with van der Waals surface area (Å²) >= 11 is 11.7. The summed E-state index contributed by atoms with van der Waals surface area (Å²) in [6.07, 6.45) is 0. The van der Waals surface area contributed by atoms with E-state index in [4.69, 9.17) is 27.9 Å². The Labute approximate surface area is 162 Å². The van der Waals surface area contributed by atoms with Crippen LogP contribution >= 0.6 is 23.2 Å². The van der Waals surface area contributed by atoms with E-state index in [0.717, 1.165) is 4.31 Å². The maximum absolute atomic E-state index is 12.6. The van der Waals surface area contributed by atoms with Crippen LogP contribution in [-0.4, -0.2) is 42.3 Å². The van der Waals surface area contributed by atoms with Crippen molar-refractivity contribution in [1.82, 2.24) is 4.31 Å². The van der Waals surface area contributed by atoms with E-state index in [2.05, 4.69) is 4.72 Å². The molecule has 0 radical (unpaired) electrons. The van der Waals surface area contributed by atoms with E-state index in [0.29, 0.717) is 0 Å². The van der Waals surface area contributed by atoms with Crippen LogP contribution in [0.25, 0.3) is 0 Å². The third kappa shape index (κ3) is 4.24. The van der Waals surface area contributed by atoms with Crippen LogP contribution in [0.5, 0.6) is 5.75 Å². The van der Waals surface area contributed by atoms with Crippen molar-refractivity contribution >= 4 is 48.9 Å². The van der Waals surface area contributed by atoms with Gasteiger partial charge < -0.3 is 4.74 Å². The first-order valence-corrected chi connectivity index (χ1v) is 10.8. The van der Waals surface area contributed by atoms with E-state index in [9.17, 15) is 16.8 Å². The molecule has 2 aromatic rings. The molecule has 0 heterocycles. The van der Waals surface area contributed by atoms with Crippen LogP contribution in [0.1, 0.15) is 0 Å². The molecule has 0 saturated carbocycles. The number of anilines is 1. The number of benzene rings is 2. The van der Waals surface area contributed by atoms with E-state index < -0.39 is 20.0 Å². The number of rotatable bonds is 6. The van der Waals surface area contributed by atoms with Crippen molar-refractivity contribution in [3.63, 3.8) is 0 Å². The maximum atomic E-state index is 12.6. The lowest BCUT2D eigenvalue weighted by atomic mass is 10.3. The van der Waals surface area contributed by atoms with Gasteiger partial charge in [-0.1, -0.05) is 23.2 Å². The summed E-state index contributed by atoms with van der Waals surface area (Å²) in [5.74, 6) is 0.159. The van der Waals surface area contributed by atoms with Gasteiger partial charge in [-0.05, 0) is 36.4 Å². The highest BCUT2D eigenvalue weighted by Crippen LogP contribution is 2.31. The van der Waals surface area contributed by atoms with E-state index in [1.54, 1.807) is 0 Å². The first-order valence-electron chi connectivity index (χ1n) is 7.07. The Morgan fingerprint density at radius 3 is 2.08 bits per heavy atom. The topological polar surface area (TPSA) is 92.8 Å². The number of hydrogen-bond donors (Lipinski definition) is 1. The van der Waals surface area contributed by atoms with Gasteiger partial charge in [-0.2, -0.15) is 0 Å². The molecular formula is C15H16Cl2N2O5S2. The summed E-state index contributed by atoms with van der Waals surface area (Å²) in [5, 5.41) is 0.285. The highest BCUT2D eigenvalue weighted by Gasteiger charge is 2.22. The second kappa shape index (κ2) is 7.61. The van der Waals surface area contributed by atoms with Crippen LogP contribution in [0.4, 0.5) is 5.69 Å². The van der Waals surface area contributed by atoms with E-state index >= 15 is 0 Å². The minimum absolute atomic E-state index is 0.0264. The number of hydrogen-bond acceptors (Lipinski definition) is 5. The SMILES string of the molecule is COc1ccc(S(=O)(=O)N(C)C)cc1NS(=O)(=O)c1ccc(Cl)c(Cl)c1. The molecule has 0 amide bonds. The molecule has 0 saturated heterocycles. The summed E-state index contributed by atoms with van der Waals surface area (Å²) in [7, 11) is -3.71. The van der Waals surface area contributed by atoms with Gasteiger partial charge in [0.05, 0.1) is 32.6 Å². The molecule has 0 aliphatic carbocycles. The third-order valence-electron chi connectivity index (χ3n) is 3.40. The molecule has 7 nitrogen and oxygen atoms in total. The first-order chi connectivity index (χ1) is 12.0. The minimum Gasteiger partial charge on any atom is -0.495 e. The van der Waals surface area contributed by atoms with Gasteiger partial charge in [-0.15, -0.1) is 0 Å². The summed E-state index contributed by atoms with van der Waals surface area (Å²) in [6, 6.07) is 7.70. The molecular weight excluding hydrogens is 423 g/mol. The number of sulfonamides is 2. The number of ether oxygens (including phenoxy) is 1. The quantitative estimate of drug-likeness (QED) is 0.747. The Kier molecular flexibility index (Phi) is 6.09. The molecule has 0 fully saturated rings. The Morgan fingerprint density at radius 1 is 0.923 bits per heavy atom. The Morgan fingerprint density at radius 2 is 1.54 bits per heavy atom. The number of methoxy groups -OCH3 is 1. The molecule has 2 rings (SSSR count). The molecule has 0 aliphatic rings.